The number of halogens is 1. The summed E-state index contributed by atoms with van der Waals surface area (Å²) in [6, 6.07) is 61.8. The first-order valence-corrected chi connectivity index (χ1v) is 20.8. The molecule has 0 saturated carbocycles. The maximum Gasteiger partial charge on any atom is 0.0881 e. The van der Waals surface area contributed by atoms with Crippen molar-refractivity contribution in [2.24, 2.45) is 0 Å². The van der Waals surface area contributed by atoms with Gasteiger partial charge in [0, 0.05) is 22.3 Å². The molecule has 58 heavy (non-hydrogen) atoms. The smallest absolute Gasteiger partial charge is 0.0881 e. The molecule has 2 nitrogen and oxygen atoms in total. The number of nitrogens with one attached hydrogen (secondary N) is 1. The number of hydrogen-bond acceptors (Lipinski definition) is 2. The molecule has 0 saturated heterocycles. The zero-order chi connectivity index (χ0) is 40.2. The van der Waals surface area contributed by atoms with Crippen LogP contribution in [0.15, 0.2) is 170 Å². The molecule has 9 aromatic rings. The van der Waals surface area contributed by atoms with Gasteiger partial charge in [0.1, 0.15) is 0 Å². The molecule has 3 heteroatoms. The Labute approximate surface area is 347 Å². The van der Waals surface area contributed by atoms with Gasteiger partial charge in [0.25, 0.3) is 0 Å². The zero-order valence-electron chi connectivity index (χ0n) is 34.2. The minimum Gasteiger partial charge on any atom is -0.354 e. The lowest BCUT2D eigenvalue weighted by atomic mass is 9.82. The Kier molecular flexibility index (Phi) is 9.49. The molecule has 0 bridgehead atoms. The second-order valence-corrected chi connectivity index (χ2v) is 17.6. The summed E-state index contributed by atoms with van der Waals surface area (Å²) in [6.45, 7) is 13.8. The molecule has 0 aromatic heterocycles. The molecular formula is C55H49ClN2. The Morgan fingerprint density at radius 3 is 1.69 bits per heavy atom. The number of hydrogen-bond donors (Lipinski definition) is 1. The highest BCUT2D eigenvalue weighted by molar-refractivity contribution is 6.36. The molecule has 0 heterocycles. The summed E-state index contributed by atoms with van der Waals surface area (Å²) in [5, 5.41) is 14.3. The quantitative estimate of drug-likeness (QED) is 0.155. The highest BCUT2D eigenvalue weighted by Gasteiger charge is 2.25. The van der Waals surface area contributed by atoms with E-state index in [2.05, 4.69) is 222 Å². The lowest BCUT2D eigenvalue weighted by Gasteiger charge is -2.32. The van der Waals surface area contributed by atoms with Crippen molar-refractivity contribution < 1.29 is 0 Å². The molecule has 1 N–H and O–H groups in total. The predicted molar refractivity (Wildman–Crippen MR) is 253 cm³/mol. The average Bonchev–Trinajstić information content (AvgIpc) is 3.25. The van der Waals surface area contributed by atoms with Crippen molar-refractivity contribution in [3.05, 3.63) is 186 Å². The summed E-state index contributed by atoms with van der Waals surface area (Å²) < 4.78 is 0. The van der Waals surface area contributed by atoms with E-state index in [1.54, 1.807) is 0 Å². The first-order chi connectivity index (χ1) is 28.0. The fourth-order valence-corrected chi connectivity index (χ4v) is 8.70. The third-order valence-electron chi connectivity index (χ3n) is 12.2. The van der Waals surface area contributed by atoms with Crippen molar-refractivity contribution >= 4 is 83.1 Å². The van der Waals surface area contributed by atoms with Gasteiger partial charge >= 0.3 is 0 Å². The van der Waals surface area contributed by atoms with Crippen LogP contribution in [0.25, 0.3) is 54.2 Å². The molecule has 286 valence electrons. The predicted octanol–water partition coefficient (Wildman–Crippen LogP) is 16.8. The van der Waals surface area contributed by atoms with Crippen LogP contribution in [0, 0.1) is 0 Å². The summed E-state index contributed by atoms with van der Waals surface area (Å²) >= 11 is 7.63. The Balaban J connectivity index is 1.29. The van der Waals surface area contributed by atoms with Crippen molar-refractivity contribution in [2.45, 2.75) is 58.8 Å². The molecular weight excluding hydrogens is 724 g/mol. The van der Waals surface area contributed by atoms with Gasteiger partial charge in [-0.1, -0.05) is 174 Å². The van der Waals surface area contributed by atoms with Gasteiger partial charge in [-0.05, 0) is 120 Å². The van der Waals surface area contributed by atoms with Crippen LogP contribution in [-0.4, -0.2) is 0 Å². The largest absolute Gasteiger partial charge is 0.354 e. The Bertz CT molecular complexity index is 2950. The van der Waals surface area contributed by atoms with Gasteiger partial charge in [0.2, 0.25) is 0 Å². The summed E-state index contributed by atoms with van der Waals surface area (Å²) in [4.78, 5) is 2.35. The first-order valence-electron chi connectivity index (χ1n) is 20.4. The second kappa shape index (κ2) is 14.7. The van der Waals surface area contributed by atoms with Crippen molar-refractivity contribution in [2.75, 3.05) is 10.2 Å². The van der Waals surface area contributed by atoms with Crippen LogP contribution >= 0.6 is 11.6 Å². The van der Waals surface area contributed by atoms with E-state index in [1.807, 2.05) is 0 Å². The van der Waals surface area contributed by atoms with E-state index in [0.29, 0.717) is 5.02 Å². The van der Waals surface area contributed by atoms with E-state index in [-0.39, 0.29) is 10.8 Å². The van der Waals surface area contributed by atoms with Crippen LogP contribution in [0.5, 0.6) is 0 Å². The van der Waals surface area contributed by atoms with Crippen LogP contribution in [0.3, 0.4) is 0 Å². The van der Waals surface area contributed by atoms with Gasteiger partial charge in [-0.15, -0.1) is 0 Å². The van der Waals surface area contributed by atoms with Gasteiger partial charge < -0.3 is 10.2 Å². The first kappa shape index (κ1) is 37.5. The van der Waals surface area contributed by atoms with Crippen LogP contribution in [-0.2, 0) is 10.8 Å². The number of anilines is 5. The number of fused-ring (bicyclic) bond motifs is 7. The van der Waals surface area contributed by atoms with Gasteiger partial charge in [-0.2, -0.15) is 0 Å². The molecule has 0 amide bonds. The molecule has 0 fully saturated rings. The van der Waals surface area contributed by atoms with Crippen molar-refractivity contribution in [3.8, 4) is 11.1 Å². The minimum absolute atomic E-state index is 0.0564. The van der Waals surface area contributed by atoms with E-state index in [1.165, 1.54) is 48.8 Å². The van der Waals surface area contributed by atoms with Crippen molar-refractivity contribution in [1.29, 1.82) is 0 Å². The third-order valence-corrected chi connectivity index (χ3v) is 12.6. The molecule has 0 aliphatic carbocycles. The molecule has 9 rings (SSSR count). The molecule has 0 unspecified atom stereocenters. The molecule has 0 atom stereocenters. The van der Waals surface area contributed by atoms with Gasteiger partial charge in [-0.3, -0.25) is 0 Å². The van der Waals surface area contributed by atoms with Gasteiger partial charge in [0.15, 0.2) is 0 Å². The lowest BCUT2D eigenvalue weighted by molar-refractivity contribution is 0.506. The maximum atomic E-state index is 7.63. The van der Waals surface area contributed by atoms with E-state index in [4.69, 9.17) is 11.6 Å². The van der Waals surface area contributed by atoms with Crippen LogP contribution in [0.1, 0.15) is 59.1 Å². The van der Waals surface area contributed by atoms with Crippen LogP contribution < -0.4 is 10.2 Å². The average molecular weight is 773 g/mol. The summed E-state index contributed by atoms with van der Waals surface area (Å²) in [7, 11) is 0. The summed E-state index contributed by atoms with van der Waals surface area (Å²) in [5.74, 6) is 0. The van der Waals surface area contributed by atoms with Crippen LogP contribution in [0.2, 0.25) is 5.02 Å². The monoisotopic (exact) mass is 772 g/mol. The maximum absolute atomic E-state index is 7.63. The normalized spacial score (nSPS) is 12.1. The third kappa shape index (κ3) is 6.66. The molecule has 0 aliphatic rings. The van der Waals surface area contributed by atoms with Crippen molar-refractivity contribution in [3.63, 3.8) is 0 Å². The summed E-state index contributed by atoms with van der Waals surface area (Å²) in [5.41, 5.74) is 9.74. The molecule has 0 aliphatic heterocycles. The lowest BCUT2D eigenvalue weighted by Crippen LogP contribution is -2.17. The number of rotatable bonds is 8. The SMILES string of the molecule is CCC(C)(C)c1ccc(N(c2ccc(C(C)(C)C)cc2-c2ccc3c4ccccc4c4ccccc4c3c2)c2cccc(Nc3cccc4ccccc34)c2Cl)cc1. The van der Waals surface area contributed by atoms with E-state index >= 15 is 0 Å². The summed E-state index contributed by atoms with van der Waals surface area (Å²) in [6.07, 6.45) is 1.05. The molecule has 0 radical (unpaired) electrons. The van der Waals surface area contributed by atoms with Gasteiger partial charge in [0.05, 0.1) is 22.1 Å². The fraction of sp³-hybridized carbons (Fsp3) is 0.164. The van der Waals surface area contributed by atoms with Crippen LogP contribution in [0.4, 0.5) is 28.4 Å². The molecule has 0 spiro atoms. The zero-order valence-corrected chi connectivity index (χ0v) is 35.0. The van der Waals surface area contributed by atoms with Gasteiger partial charge in [-0.25, -0.2) is 0 Å². The Morgan fingerprint density at radius 1 is 0.483 bits per heavy atom. The molecule has 9 aromatic carbocycles. The van der Waals surface area contributed by atoms with E-state index in [9.17, 15) is 0 Å². The fourth-order valence-electron chi connectivity index (χ4n) is 8.45. The second-order valence-electron chi connectivity index (χ2n) is 17.2. The van der Waals surface area contributed by atoms with E-state index in [0.717, 1.165) is 51.4 Å². The highest BCUT2D eigenvalue weighted by atomic mass is 35.5. The van der Waals surface area contributed by atoms with Crippen molar-refractivity contribution in [1.82, 2.24) is 0 Å². The Hall–Kier alpha value is -6.09. The van der Waals surface area contributed by atoms with E-state index < -0.39 is 0 Å². The standard InChI is InChI=1S/C55H49ClN2/c1-7-55(5,6)38-27-30-40(31-28-38)58(52-25-15-24-50(53(52)56)57-49-23-14-17-36-16-8-9-18-41(36)49)51-33-29-39(54(2,3)4)35-47(51)37-26-32-46-44-21-11-10-19-42(44)43-20-12-13-22-45(43)48(46)34-37/h8-35,57H,7H2,1-6H3. The Morgan fingerprint density at radius 2 is 1.03 bits per heavy atom. The topological polar surface area (TPSA) is 15.3 Å². The number of nitrogens with zero attached hydrogens (tertiary/aromatic N) is 1. The number of benzene rings is 9. The highest BCUT2D eigenvalue weighted by Crippen LogP contribution is 2.48. The minimum atomic E-state index is -0.0643.